The molecule has 1 aromatic heterocycles. The van der Waals surface area contributed by atoms with Gasteiger partial charge in [-0.15, -0.1) is 0 Å². The van der Waals surface area contributed by atoms with Crippen LogP contribution in [0.5, 0.6) is 0 Å². The van der Waals surface area contributed by atoms with E-state index in [1.165, 1.54) is 19.1 Å². The largest absolute Gasteiger partial charge is 0.323 e. The molecular formula is C18H17N3O3S. The Hall–Kier alpha value is -2.77. The molecule has 0 saturated carbocycles. The highest BCUT2D eigenvalue weighted by Crippen LogP contribution is 2.16. The lowest BCUT2D eigenvalue weighted by molar-refractivity contribution is -0.117. The fourth-order valence-electron chi connectivity index (χ4n) is 2.34. The number of benzene rings is 2. The molecule has 6 nitrogen and oxygen atoms in total. The van der Waals surface area contributed by atoms with Crippen molar-refractivity contribution in [1.82, 2.24) is 9.71 Å². The highest BCUT2D eigenvalue weighted by atomic mass is 32.2. The van der Waals surface area contributed by atoms with Crippen LogP contribution in [-0.4, -0.2) is 25.4 Å². The first-order valence-corrected chi connectivity index (χ1v) is 9.17. The number of rotatable bonds is 5. The molecule has 0 bridgehead atoms. The number of fused-ring (bicyclic) bond motifs is 1. The molecule has 0 aliphatic carbocycles. The van der Waals surface area contributed by atoms with Crippen molar-refractivity contribution >= 4 is 32.5 Å². The number of nitrogens with one attached hydrogen (secondary N) is 2. The Kier molecular flexibility index (Phi) is 4.78. The Morgan fingerprint density at radius 2 is 1.72 bits per heavy atom. The van der Waals surface area contributed by atoms with E-state index in [-0.39, 0.29) is 4.90 Å². The summed E-state index contributed by atoms with van der Waals surface area (Å²) in [5.74, 6) is -0.461. The van der Waals surface area contributed by atoms with Gasteiger partial charge in [-0.2, -0.15) is 4.72 Å². The highest BCUT2D eigenvalue weighted by Gasteiger charge is 2.22. The normalized spacial score (nSPS) is 12.7. The summed E-state index contributed by atoms with van der Waals surface area (Å²) in [7, 11) is -3.76. The van der Waals surface area contributed by atoms with Crippen molar-refractivity contribution < 1.29 is 13.2 Å². The molecule has 1 atom stereocenters. The number of para-hydroxylation sites is 1. The van der Waals surface area contributed by atoms with E-state index in [9.17, 15) is 13.2 Å². The number of aromatic nitrogens is 1. The average Bonchev–Trinajstić information content (AvgIpc) is 2.62. The van der Waals surface area contributed by atoms with Crippen LogP contribution in [0.4, 0.5) is 5.69 Å². The minimum atomic E-state index is -3.76. The van der Waals surface area contributed by atoms with E-state index in [1.54, 1.807) is 30.5 Å². The summed E-state index contributed by atoms with van der Waals surface area (Å²) >= 11 is 0. The molecule has 0 aliphatic rings. The first kappa shape index (κ1) is 17.1. The predicted molar refractivity (Wildman–Crippen MR) is 96.6 cm³/mol. The van der Waals surface area contributed by atoms with E-state index < -0.39 is 22.0 Å². The van der Waals surface area contributed by atoms with E-state index in [0.29, 0.717) is 5.69 Å². The quantitative estimate of drug-likeness (QED) is 0.736. The second-order valence-electron chi connectivity index (χ2n) is 5.56. The van der Waals surface area contributed by atoms with Crippen LogP contribution >= 0.6 is 0 Å². The number of amides is 1. The zero-order valence-corrected chi connectivity index (χ0v) is 14.3. The molecule has 0 saturated heterocycles. The number of sulfonamides is 1. The van der Waals surface area contributed by atoms with Crippen LogP contribution < -0.4 is 10.0 Å². The van der Waals surface area contributed by atoms with Gasteiger partial charge in [-0.1, -0.05) is 36.4 Å². The molecule has 0 spiro atoms. The summed E-state index contributed by atoms with van der Waals surface area (Å²) in [4.78, 5) is 16.7. The number of anilines is 1. The second-order valence-corrected chi connectivity index (χ2v) is 7.28. The van der Waals surface area contributed by atoms with Crippen molar-refractivity contribution in [3.05, 3.63) is 66.9 Å². The SMILES string of the molecule is C[C@H](NS(=O)(=O)c1ccccc1)C(=O)Nc1cnc2ccccc2c1. The summed E-state index contributed by atoms with van der Waals surface area (Å²) in [6, 6.07) is 16.3. The fourth-order valence-corrected chi connectivity index (χ4v) is 3.57. The van der Waals surface area contributed by atoms with Crippen LogP contribution in [0.3, 0.4) is 0 Å². The average molecular weight is 355 g/mol. The van der Waals surface area contributed by atoms with Gasteiger partial charge < -0.3 is 5.32 Å². The fraction of sp³-hybridized carbons (Fsp3) is 0.111. The molecule has 3 rings (SSSR count). The second kappa shape index (κ2) is 7.00. The Morgan fingerprint density at radius 3 is 2.48 bits per heavy atom. The number of pyridine rings is 1. The third-order valence-electron chi connectivity index (χ3n) is 3.64. The number of hydrogen-bond donors (Lipinski definition) is 2. The van der Waals surface area contributed by atoms with Crippen LogP contribution in [0.1, 0.15) is 6.92 Å². The number of carbonyl (C=O) groups is 1. The molecule has 1 heterocycles. The third-order valence-corrected chi connectivity index (χ3v) is 5.19. The first-order chi connectivity index (χ1) is 12.0. The van der Waals surface area contributed by atoms with Gasteiger partial charge in [-0.25, -0.2) is 8.42 Å². The molecule has 128 valence electrons. The molecule has 0 fully saturated rings. The zero-order chi connectivity index (χ0) is 17.9. The van der Waals surface area contributed by atoms with Crippen LogP contribution in [0.2, 0.25) is 0 Å². The zero-order valence-electron chi connectivity index (χ0n) is 13.5. The molecular weight excluding hydrogens is 338 g/mol. The van der Waals surface area contributed by atoms with Gasteiger partial charge in [0.1, 0.15) is 0 Å². The Morgan fingerprint density at radius 1 is 1.04 bits per heavy atom. The van der Waals surface area contributed by atoms with Gasteiger partial charge in [-0.05, 0) is 31.2 Å². The van der Waals surface area contributed by atoms with Gasteiger partial charge in [-0.3, -0.25) is 9.78 Å². The van der Waals surface area contributed by atoms with Crippen molar-refractivity contribution in [2.45, 2.75) is 17.9 Å². The van der Waals surface area contributed by atoms with Gasteiger partial charge in [0, 0.05) is 5.39 Å². The monoisotopic (exact) mass is 355 g/mol. The lowest BCUT2D eigenvalue weighted by atomic mass is 10.2. The van der Waals surface area contributed by atoms with Crippen molar-refractivity contribution in [3.63, 3.8) is 0 Å². The summed E-state index contributed by atoms with van der Waals surface area (Å²) in [5, 5.41) is 3.57. The molecule has 25 heavy (non-hydrogen) atoms. The summed E-state index contributed by atoms with van der Waals surface area (Å²) in [6.07, 6.45) is 1.54. The maximum Gasteiger partial charge on any atom is 0.242 e. The smallest absolute Gasteiger partial charge is 0.242 e. The van der Waals surface area contributed by atoms with E-state index in [4.69, 9.17) is 0 Å². The first-order valence-electron chi connectivity index (χ1n) is 7.69. The number of hydrogen-bond acceptors (Lipinski definition) is 4. The van der Waals surface area contributed by atoms with E-state index >= 15 is 0 Å². The van der Waals surface area contributed by atoms with E-state index in [0.717, 1.165) is 10.9 Å². The molecule has 0 unspecified atom stereocenters. The Labute approximate surface area is 146 Å². The van der Waals surface area contributed by atoms with E-state index in [2.05, 4.69) is 15.0 Å². The predicted octanol–water partition coefficient (Wildman–Crippen LogP) is 2.54. The van der Waals surface area contributed by atoms with Gasteiger partial charge in [0.25, 0.3) is 0 Å². The maximum atomic E-state index is 12.3. The molecule has 2 N–H and O–H groups in total. The van der Waals surface area contributed by atoms with E-state index in [1.807, 2.05) is 24.3 Å². The maximum absolute atomic E-state index is 12.3. The van der Waals surface area contributed by atoms with Gasteiger partial charge in [0.05, 0.1) is 28.3 Å². The standard InChI is InChI=1S/C18H17N3O3S/c1-13(21-25(23,24)16-8-3-2-4-9-16)18(22)20-15-11-14-7-5-6-10-17(14)19-12-15/h2-13,21H,1H3,(H,20,22)/t13-/m0/s1. The Balaban J connectivity index is 1.71. The van der Waals surface area contributed by atoms with Crippen molar-refractivity contribution in [3.8, 4) is 0 Å². The minimum Gasteiger partial charge on any atom is -0.323 e. The Bertz CT molecular complexity index is 1000. The molecule has 3 aromatic rings. The molecule has 0 radical (unpaired) electrons. The van der Waals surface area contributed by atoms with Crippen LogP contribution in [0, 0.1) is 0 Å². The minimum absolute atomic E-state index is 0.113. The van der Waals surface area contributed by atoms with Gasteiger partial charge in [0.2, 0.25) is 15.9 Å². The summed E-state index contributed by atoms with van der Waals surface area (Å²) in [5.41, 5.74) is 1.33. The van der Waals surface area contributed by atoms with Crippen molar-refractivity contribution in [1.29, 1.82) is 0 Å². The van der Waals surface area contributed by atoms with Crippen molar-refractivity contribution in [2.75, 3.05) is 5.32 Å². The summed E-state index contributed by atoms with van der Waals surface area (Å²) in [6.45, 7) is 1.49. The number of carbonyl (C=O) groups excluding carboxylic acids is 1. The van der Waals surface area contributed by atoms with Gasteiger partial charge in [0.15, 0.2) is 0 Å². The van der Waals surface area contributed by atoms with Crippen LogP contribution in [-0.2, 0) is 14.8 Å². The summed E-state index contributed by atoms with van der Waals surface area (Å²) < 4.78 is 26.9. The lowest BCUT2D eigenvalue weighted by Crippen LogP contribution is -2.41. The highest BCUT2D eigenvalue weighted by molar-refractivity contribution is 7.89. The van der Waals surface area contributed by atoms with Crippen LogP contribution in [0.15, 0.2) is 71.8 Å². The van der Waals surface area contributed by atoms with Crippen LogP contribution in [0.25, 0.3) is 10.9 Å². The lowest BCUT2D eigenvalue weighted by Gasteiger charge is -2.14. The van der Waals surface area contributed by atoms with Crippen molar-refractivity contribution in [2.24, 2.45) is 0 Å². The van der Waals surface area contributed by atoms with Gasteiger partial charge >= 0.3 is 0 Å². The molecule has 7 heteroatoms. The number of nitrogens with zero attached hydrogens (tertiary/aromatic N) is 1. The molecule has 0 aliphatic heterocycles. The third kappa shape index (κ3) is 4.01. The molecule has 2 aromatic carbocycles. The topological polar surface area (TPSA) is 88.2 Å². The molecule has 1 amide bonds.